The Balaban J connectivity index is 1.81. The fraction of sp³-hybridized carbons (Fsp3) is 0.458. The van der Waals surface area contributed by atoms with Gasteiger partial charge in [0.1, 0.15) is 0 Å². The van der Waals surface area contributed by atoms with E-state index in [1.54, 1.807) is 11.3 Å². The van der Waals surface area contributed by atoms with Crippen LogP contribution in [0.5, 0.6) is 0 Å². The Labute approximate surface area is 178 Å². The van der Waals surface area contributed by atoms with E-state index in [1.165, 1.54) is 29.7 Å². The number of rotatable bonds is 8. The number of allylic oxidation sites excluding steroid dienone is 2. The van der Waals surface area contributed by atoms with Gasteiger partial charge in [-0.3, -0.25) is 4.99 Å². The summed E-state index contributed by atoms with van der Waals surface area (Å²) in [5, 5.41) is 3.04. The first kappa shape index (κ1) is 21.1. The maximum Gasteiger partial charge on any atom is 0.0767 e. The van der Waals surface area contributed by atoms with Gasteiger partial charge in [-0.2, -0.15) is 0 Å². The first-order valence-corrected chi connectivity index (χ1v) is 11.4. The minimum Gasteiger partial charge on any atom is -0.402 e. The van der Waals surface area contributed by atoms with Crippen molar-refractivity contribution in [2.45, 2.75) is 59.4 Å². The Kier molecular flexibility index (Phi) is 7.00. The largest absolute Gasteiger partial charge is 0.402 e. The molecule has 4 heteroatoms. The fourth-order valence-electron chi connectivity index (χ4n) is 3.03. The van der Waals surface area contributed by atoms with E-state index in [1.807, 2.05) is 24.3 Å². The topological polar surface area (TPSA) is 38.4 Å². The van der Waals surface area contributed by atoms with Crippen molar-refractivity contribution in [3.8, 4) is 0 Å². The summed E-state index contributed by atoms with van der Waals surface area (Å²) < 4.78 is 0. The van der Waals surface area contributed by atoms with E-state index in [2.05, 4.69) is 38.3 Å². The van der Waals surface area contributed by atoms with Gasteiger partial charge in [0.25, 0.3) is 0 Å². The maximum atomic E-state index is 6.37. The Bertz CT molecular complexity index is 853. The molecule has 1 saturated carbocycles. The van der Waals surface area contributed by atoms with Crippen LogP contribution in [0, 0.1) is 11.3 Å². The summed E-state index contributed by atoms with van der Waals surface area (Å²) in [6, 6.07) is 10.2. The molecule has 0 saturated heterocycles. The van der Waals surface area contributed by atoms with Gasteiger partial charge in [-0.25, -0.2) is 0 Å². The molecular weight excluding hydrogens is 384 g/mol. The zero-order chi connectivity index (χ0) is 20.1. The van der Waals surface area contributed by atoms with Crippen LogP contribution in [0.3, 0.4) is 0 Å². The second-order valence-electron chi connectivity index (χ2n) is 9.04. The number of halogens is 1. The third kappa shape index (κ3) is 6.79. The minimum atomic E-state index is 0.272. The van der Waals surface area contributed by atoms with Crippen LogP contribution in [-0.2, 0) is 13.0 Å². The molecule has 0 unspecified atom stereocenters. The molecule has 2 N–H and O–H groups in total. The lowest BCUT2D eigenvalue weighted by atomic mass is 9.90. The molecule has 2 aromatic rings. The van der Waals surface area contributed by atoms with E-state index in [-0.39, 0.29) is 5.41 Å². The van der Waals surface area contributed by atoms with Crippen LogP contribution in [0.4, 0.5) is 0 Å². The van der Waals surface area contributed by atoms with Crippen LogP contribution in [-0.4, -0.2) is 5.71 Å². The van der Waals surface area contributed by atoms with Crippen LogP contribution in [0.25, 0.3) is 0 Å². The zero-order valence-electron chi connectivity index (χ0n) is 17.2. The summed E-state index contributed by atoms with van der Waals surface area (Å²) >= 11 is 8.09. The molecule has 2 nitrogen and oxygen atoms in total. The van der Waals surface area contributed by atoms with Crippen molar-refractivity contribution in [3.05, 3.63) is 68.5 Å². The molecule has 0 atom stereocenters. The number of nitrogens with two attached hydrogens (primary N) is 1. The highest BCUT2D eigenvalue weighted by Gasteiger charge is 2.22. The van der Waals surface area contributed by atoms with Gasteiger partial charge in [0, 0.05) is 10.7 Å². The van der Waals surface area contributed by atoms with Crippen LogP contribution < -0.4 is 5.73 Å². The third-order valence-corrected chi connectivity index (χ3v) is 6.36. The average Bonchev–Trinajstić information content (AvgIpc) is 3.32. The van der Waals surface area contributed by atoms with E-state index >= 15 is 0 Å². The van der Waals surface area contributed by atoms with E-state index in [0.717, 1.165) is 40.8 Å². The highest BCUT2D eigenvalue weighted by atomic mass is 35.5. The van der Waals surface area contributed by atoms with E-state index in [4.69, 9.17) is 22.3 Å². The average molecular weight is 415 g/mol. The van der Waals surface area contributed by atoms with Gasteiger partial charge in [-0.15, -0.1) is 11.3 Å². The molecule has 0 bridgehead atoms. The Morgan fingerprint density at radius 3 is 2.71 bits per heavy atom. The highest BCUT2D eigenvalue weighted by Crippen LogP contribution is 2.34. The van der Waals surface area contributed by atoms with Gasteiger partial charge in [0.05, 0.1) is 17.1 Å². The molecule has 1 aliphatic rings. The van der Waals surface area contributed by atoms with Crippen molar-refractivity contribution in [1.29, 1.82) is 0 Å². The molecule has 1 heterocycles. The molecule has 1 aromatic carbocycles. The highest BCUT2D eigenvalue weighted by molar-refractivity contribution is 7.12. The Morgan fingerprint density at radius 2 is 2.04 bits per heavy atom. The first-order valence-electron chi connectivity index (χ1n) is 10.1. The molecular formula is C24H31ClN2S. The Morgan fingerprint density at radius 1 is 1.29 bits per heavy atom. The van der Waals surface area contributed by atoms with Gasteiger partial charge >= 0.3 is 0 Å². The standard InChI is InChI=1S/C24H31ClN2S/c1-24(2,3)11-10-20(26)14-22(27-15-19-6-4-5-7-21(19)25)23-13-18(16-28-23)12-17-8-9-17/h4-7,13-14,16-17H,8-12,15,26H2,1-3H3. The van der Waals surface area contributed by atoms with Crippen molar-refractivity contribution in [2.75, 3.05) is 0 Å². The molecule has 1 aromatic heterocycles. The summed E-state index contributed by atoms with van der Waals surface area (Å²) in [7, 11) is 0. The zero-order valence-corrected chi connectivity index (χ0v) is 18.7. The fourth-order valence-corrected chi connectivity index (χ4v) is 4.13. The van der Waals surface area contributed by atoms with Crippen molar-refractivity contribution in [3.63, 3.8) is 0 Å². The molecule has 0 radical (unpaired) electrons. The van der Waals surface area contributed by atoms with Gasteiger partial charge in [0.2, 0.25) is 0 Å². The van der Waals surface area contributed by atoms with Crippen LogP contribution in [0.2, 0.25) is 5.02 Å². The van der Waals surface area contributed by atoms with Crippen LogP contribution in [0.1, 0.15) is 62.5 Å². The molecule has 3 rings (SSSR count). The summed E-state index contributed by atoms with van der Waals surface area (Å²) in [6.45, 7) is 7.30. The van der Waals surface area contributed by atoms with Crippen LogP contribution >= 0.6 is 22.9 Å². The molecule has 28 heavy (non-hydrogen) atoms. The Hall–Kier alpha value is -1.58. The lowest BCUT2D eigenvalue weighted by Gasteiger charge is -2.17. The van der Waals surface area contributed by atoms with Gasteiger partial charge in [-0.05, 0) is 78.2 Å². The summed E-state index contributed by atoms with van der Waals surface area (Å²) in [4.78, 5) is 6.10. The predicted molar refractivity (Wildman–Crippen MR) is 123 cm³/mol. The normalized spacial score (nSPS) is 15.9. The lowest BCUT2D eigenvalue weighted by Crippen LogP contribution is -2.09. The van der Waals surface area contributed by atoms with Crippen LogP contribution in [0.15, 0.2) is 52.5 Å². The van der Waals surface area contributed by atoms with Gasteiger partial charge in [0.15, 0.2) is 0 Å². The van der Waals surface area contributed by atoms with E-state index < -0.39 is 0 Å². The SMILES string of the molecule is CC(C)(C)CCC(N)=CC(=NCc1ccccc1Cl)c1cc(CC2CC2)cs1. The molecule has 1 fully saturated rings. The number of benzene rings is 1. The molecule has 0 amide bonds. The van der Waals surface area contributed by atoms with Crippen molar-refractivity contribution < 1.29 is 0 Å². The number of hydrogen-bond donors (Lipinski definition) is 1. The summed E-state index contributed by atoms with van der Waals surface area (Å²) in [5.74, 6) is 0.887. The lowest BCUT2D eigenvalue weighted by molar-refractivity contribution is 0.377. The summed E-state index contributed by atoms with van der Waals surface area (Å²) in [5.41, 5.74) is 11.0. The maximum absolute atomic E-state index is 6.37. The van der Waals surface area contributed by atoms with Gasteiger partial charge < -0.3 is 5.73 Å². The number of nitrogens with zero attached hydrogens (tertiary/aromatic N) is 1. The monoisotopic (exact) mass is 414 g/mol. The number of hydrogen-bond acceptors (Lipinski definition) is 3. The second-order valence-corrected chi connectivity index (χ2v) is 10.4. The molecule has 0 spiro atoms. The van der Waals surface area contributed by atoms with Crippen molar-refractivity contribution in [2.24, 2.45) is 22.1 Å². The number of thiophene rings is 1. The molecule has 150 valence electrons. The molecule has 0 aliphatic heterocycles. The van der Waals surface area contributed by atoms with Gasteiger partial charge in [-0.1, -0.05) is 50.6 Å². The van der Waals surface area contributed by atoms with Crippen molar-refractivity contribution in [1.82, 2.24) is 0 Å². The number of aliphatic imine (C=N–C) groups is 1. The smallest absolute Gasteiger partial charge is 0.0767 e. The predicted octanol–water partition coefficient (Wildman–Crippen LogP) is 7.01. The third-order valence-electron chi connectivity index (χ3n) is 4.99. The second kappa shape index (κ2) is 9.28. The summed E-state index contributed by atoms with van der Waals surface area (Å²) in [6.07, 6.45) is 7.95. The molecule has 1 aliphatic carbocycles. The van der Waals surface area contributed by atoms with E-state index in [9.17, 15) is 0 Å². The van der Waals surface area contributed by atoms with Crippen molar-refractivity contribution >= 4 is 28.6 Å². The quantitative estimate of drug-likeness (QED) is 0.463. The minimum absolute atomic E-state index is 0.272. The first-order chi connectivity index (χ1) is 13.3. The van der Waals surface area contributed by atoms with E-state index in [0.29, 0.717) is 6.54 Å².